The van der Waals surface area contributed by atoms with Crippen molar-refractivity contribution in [2.24, 2.45) is 0 Å². The van der Waals surface area contributed by atoms with Gasteiger partial charge in [-0.1, -0.05) is 12.8 Å². The fourth-order valence-corrected chi connectivity index (χ4v) is 4.20. The summed E-state index contributed by atoms with van der Waals surface area (Å²) in [5.74, 6) is -1.26. The Labute approximate surface area is 157 Å². The molecule has 2 heterocycles. The third-order valence-corrected chi connectivity index (χ3v) is 5.69. The number of hydrogen-bond acceptors (Lipinski definition) is 4. The van der Waals surface area contributed by atoms with E-state index in [-0.39, 0.29) is 17.2 Å². The maximum atomic E-state index is 13.7. The lowest BCUT2D eigenvalue weighted by Crippen LogP contribution is -2.45. The third-order valence-electron chi connectivity index (χ3n) is 5.69. The molecule has 144 valence electrons. The van der Waals surface area contributed by atoms with Crippen LogP contribution in [0.25, 0.3) is 5.69 Å². The molecular formula is C20H24F2N4O. The SMILES string of the molecule is CN1CCN(c2cnn(-c3cc(F)cc(F)c3)c(=O)c2C2CCCC2)CC1. The summed E-state index contributed by atoms with van der Waals surface area (Å²) in [7, 11) is 2.09. The van der Waals surface area contributed by atoms with Crippen LogP contribution in [0.5, 0.6) is 0 Å². The molecule has 0 amide bonds. The first kappa shape index (κ1) is 18.1. The Hall–Kier alpha value is -2.28. The number of piperazine rings is 1. The molecule has 0 unspecified atom stereocenters. The molecule has 4 rings (SSSR count). The van der Waals surface area contributed by atoms with Crippen LogP contribution in [-0.4, -0.2) is 47.9 Å². The Kier molecular flexibility index (Phi) is 4.95. The van der Waals surface area contributed by atoms with Crippen LogP contribution in [0.4, 0.5) is 14.5 Å². The summed E-state index contributed by atoms with van der Waals surface area (Å²) >= 11 is 0. The zero-order chi connectivity index (χ0) is 19.0. The molecule has 5 nitrogen and oxygen atoms in total. The number of aromatic nitrogens is 2. The fraction of sp³-hybridized carbons (Fsp3) is 0.500. The van der Waals surface area contributed by atoms with Crippen molar-refractivity contribution < 1.29 is 8.78 Å². The Morgan fingerprint density at radius 3 is 2.26 bits per heavy atom. The first-order valence-electron chi connectivity index (χ1n) is 9.55. The molecule has 2 aromatic rings. The lowest BCUT2D eigenvalue weighted by atomic mass is 9.97. The molecule has 0 bridgehead atoms. The van der Waals surface area contributed by atoms with Gasteiger partial charge in [-0.05, 0) is 37.9 Å². The highest BCUT2D eigenvalue weighted by Crippen LogP contribution is 2.37. The summed E-state index contributed by atoms with van der Waals surface area (Å²) < 4.78 is 28.5. The van der Waals surface area contributed by atoms with Crippen molar-refractivity contribution >= 4 is 5.69 Å². The van der Waals surface area contributed by atoms with Gasteiger partial charge in [-0.25, -0.2) is 8.78 Å². The molecule has 2 aliphatic rings. The minimum Gasteiger partial charge on any atom is -0.367 e. The van der Waals surface area contributed by atoms with Crippen molar-refractivity contribution in [3.05, 3.63) is 51.9 Å². The van der Waals surface area contributed by atoms with E-state index in [0.29, 0.717) is 0 Å². The van der Waals surface area contributed by atoms with E-state index in [2.05, 4.69) is 21.9 Å². The molecule has 1 aromatic heterocycles. The van der Waals surface area contributed by atoms with Gasteiger partial charge in [0.05, 0.1) is 17.6 Å². The van der Waals surface area contributed by atoms with Crippen molar-refractivity contribution in [2.45, 2.75) is 31.6 Å². The van der Waals surface area contributed by atoms with E-state index < -0.39 is 11.6 Å². The molecule has 1 aromatic carbocycles. The Balaban J connectivity index is 1.81. The highest BCUT2D eigenvalue weighted by atomic mass is 19.1. The summed E-state index contributed by atoms with van der Waals surface area (Å²) in [6.45, 7) is 3.55. The van der Waals surface area contributed by atoms with Gasteiger partial charge in [-0.3, -0.25) is 4.79 Å². The van der Waals surface area contributed by atoms with E-state index in [4.69, 9.17) is 0 Å². The van der Waals surface area contributed by atoms with Gasteiger partial charge in [0.25, 0.3) is 5.56 Å². The van der Waals surface area contributed by atoms with Crippen LogP contribution < -0.4 is 10.5 Å². The zero-order valence-electron chi connectivity index (χ0n) is 15.5. The number of likely N-dealkylation sites (N-methyl/N-ethyl adjacent to an activating group) is 1. The predicted molar refractivity (Wildman–Crippen MR) is 101 cm³/mol. The van der Waals surface area contributed by atoms with Crippen molar-refractivity contribution in [3.8, 4) is 5.69 Å². The van der Waals surface area contributed by atoms with E-state index in [1.54, 1.807) is 6.20 Å². The summed E-state index contributed by atoms with van der Waals surface area (Å²) in [5, 5.41) is 4.27. The second-order valence-corrected chi connectivity index (χ2v) is 7.56. The summed E-state index contributed by atoms with van der Waals surface area (Å²) in [6.07, 6.45) is 5.84. The van der Waals surface area contributed by atoms with Gasteiger partial charge in [-0.15, -0.1) is 0 Å². The average Bonchev–Trinajstić information content (AvgIpc) is 3.15. The standard InChI is InChI=1S/C20H24F2N4O/c1-24-6-8-25(9-7-24)18-13-23-26(17-11-15(21)10-16(22)12-17)20(27)19(18)14-4-2-3-5-14/h10-14H,2-9H2,1H3. The number of rotatable bonds is 3. The maximum absolute atomic E-state index is 13.7. The zero-order valence-corrected chi connectivity index (χ0v) is 15.5. The average molecular weight is 374 g/mol. The van der Waals surface area contributed by atoms with E-state index in [0.717, 1.165) is 86.0 Å². The van der Waals surface area contributed by atoms with Crippen molar-refractivity contribution in [3.63, 3.8) is 0 Å². The quantitative estimate of drug-likeness (QED) is 0.828. The molecule has 0 N–H and O–H groups in total. The van der Waals surface area contributed by atoms with Crippen LogP contribution in [0.3, 0.4) is 0 Å². The Morgan fingerprint density at radius 2 is 1.63 bits per heavy atom. The summed E-state index contributed by atoms with van der Waals surface area (Å²) in [6, 6.07) is 3.09. The number of hydrogen-bond donors (Lipinski definition) is 0. The van der Waals surface area contributed by atoms with Gasteiger partial charge in [0.2, 0.25) is 0 Å². The number of benzene rings is 1. The lowest BCUT2D eigenvalue weighted by Gasteiger charge is -2.35. The lowest BCUT2D eigenvalue weighted by molar-refractivity contribution is 0.312. The first-order chi connectivity index (χ1) is 13.0. The molecule has 7 heteroatoms. The largest absolute Gasteiger partial charge is 0.367 e. The van der Waals surface area contributed by atoms with Gasteiger partial charge in [0.1, 0.15) is 11.6 Å². The van der Waals surface area contributed by atoms with E-state index in [9.17, 15) is 13.6 Å². The fourth-order valence-electron chi connectivity index (χ4n) is 4.20. The maximum Gasteiger partial charge on any atom is 0.277 e. The van der Waals surface area contributed by atoms with E-state index in [1.807, 2.05) is 0 Å². The minimum atomic E-state index is -0.718. The minimum absolute atomic E-state index is 0.127. The van der Waals surface area contributed by atoms with Crippen LogP contribution in [0, 0.1) is 11.6 Å². The van der Waals surface area contributed by atoms with Gasteiger partial charge in [0, 0.05) is 37.8 Å². The normalized spacial score (nSPS) is 19.0. The van der Waals surface area contributed by atoms with Gasteiger partial charge in [-0.2, -0.15) is 9.78 Å². The summed E-state index contributed by atoms with van der Waals surface area (Å²) in [5.41, 5.74) is 1.50. The molecule has 0 radical (unpaired) electrons. The second kappa shape index (κ2) is 7.38. The van der Waals surface area contributed by atoms with Crippen LogP contribution in [0.15, 0.2) is 29.2 Å². The molecule has 2 fully saturated rings. The molecule has 1 aliphatic heterocycles. The monoisotopic (exact) mass is 374 g/mol. The van der Waals surface area contributed by atoms with E-state index in [1.165, 1.54) is 0 Å². The smallest absolute Gasteiger partial charge is 0.277 e. The second-order valence-electron chi connectivity index (χ2n) is 7.56. The van der Waals surface area contributed by atoms with Gasteiger partial charge in [0.15, 0.2) is 0 Å². The van der Waals surface area contributed by atoms with Crippen molar-refractivity contribution in [1.29, 1.82) is 0 Å². The topological polar surface area (TPSA) is 41.4 Å². The Morgan fingerprint density at radius 1 is 1.00 bits per heavy atom. The molecular weight excluding hydrogens is 350 g/mol. The van der Waals surface area contributed by atoms with Gasteiger partial charge >= 0.3 is 0 Å². The number of anilines is 1. The van der Waals surface area contributed by atoms with Crippen LogP contribution >= 0.6 is 0 Å². The molecule has 1 saturated heterocycles. The predicted octanol–water partition coefficient (Wildman–Crippen LogP) is 2.92. The molecule has 0 spiro atoms. The van der Waals surface area contributed by atoms with Crippen LogP contribution in [0.1, 0.15) is 37.2 Å². The highest BCUT2D eigenvalue weighted by Gasteiger charge is 2.28. The van der Waals surface area contributed by atoms with Crippen molar-refractivity contribution in [2.75, 3.05) is 38.1 Å². The molecule has 1 saturated carbocycles. The third kappa shape index (κ3) is 3.60. The molecule has 1 aliphatic carbocycles. The van der Waals surface area contributed by atoms with Crippen LogP contribution in [0.2, 0.25) is 0 Å². The van der Waals surface area contributed by atoms with E-state index >= 15 is 0 Å². The molecule has 0 atom stereocenters. The van der Waals surface area contributed by atoms with Gasteiger partial charge < -0.3 is 9.80 Å². The first-order valence-corrected chi connectivity index (χ1v) is 9.55. The highest BCUT2D eigenvalue weighted by molar-refractivity contribution is 5.54. The number of halogens is 2. The summed E-state index contributed by atoms with van der Waals surface area (Å²) in [4.78, 5) is 17.8. The Bertz CT molecular complexity index is 864. The number of nitrogens with zero attached hydrogens (tertiary/aromatic N) is 4. The van der Waals surface area contributed by atoms with Crippen LogP contribution in [-0.2, 0) is 0 Å². The van der Waals surface area contributed by atoms with Crippen molar-refractivity contribution in [1.82, 2.24) is 14.7 Å². The molecule has 27 heavy (non-hydrogen) atoms.